The summed E-state index contributed by atoms with van der Waals surface area (Å²) in [5.74, 6) is -0.666. The van der Waals surface area contributed by atoms with Gasteiger partial charge in [-0.15, -0.1) is 0 Å². The van der Waals surface area contributed by atoms with Gasteiger partial charge in [0.25, 0.3) is 5.88 Å². The number of anilines is 2. The van der Waals surface area contributed by atoms with Crippen molar-refractivity contribution in [2.45, 2.75) is 71.1 Å². The van der Waals surface area contributed by atoms with Crippen LogP contribution >= 0.6 is 0 Å². The van der Waals surface area contributed by atoms with Crippen molar-refractivity contribution in [1.82, 2.24) is 19.7 Å². The third-order valence-corrected chi connectivity index (χ3v) is 5.33. The highest BCUT2D eigenvalue weighted by atomic mass is 19.3. The van der Waals surface area contributed by atoms with Gasteiger partial charge in [-0.3, -0.25) is 4.68 Å². The second kappa shape index (κ2) is 9.32. The Morgan fingerprint density at radius 2 is 1.94 bits per heavy atom. The van der Waals surface area contributed by atoms with Crippen molar-refractivity contribution in [3.8, 4) is 11.9 Å². The molecule has 1 aliphatic carbocycles. The lowest BCUT2D eigenvalue weighted by Gasteiger charge is -2.29. The van der Waals surface area contributed by atoms with Gasteiger partial charge < -0.3 is 14.8 Å². The quantitative estimate of drug-likeness (QED) is 0.620. The first-order chi connectivity index (χ1) is 15.0. The van der Waals surface area contributed by atoms with Crippen LogP contribution in [-0.4, -0.2) is 38.6 Å². The van der Waals surface area contributed by atoms with E-state index in [4.69, 9.17) is 9.47 Å². The molecule has 1 fully saturated rings. The van der Waals surface area contributed by atoms with E-state index in [-0.39, 0.29) is 24.4 Å². The largest absolute Gasteiger partial charge is 0.475 e. The molecule has 2 heterocycles. The highest BCUT2D eigenvalue weighted by Crippen LogP contribution is 2.31. The minimum atomic E-state index is -3.14. The highest BCUT2D eigenvalue weighted by molar-refractivity contribution is 5.55. The van der Waals surface area contributed by atoms with Crippen molar-refractivity contribution in [3.63, 3.8) is 0 Å². The number of alkyl halides is 2. The number of halogens is 3. The molecule has 32 heavy (non-hydrogen) atoms. The molecule has 0 aliphatic heterocycles. The van der Waals surface area contributed by atoms with E-state index >= 15 is 0 Å². The Morgan fingerprint density at radius 1 is 1.25 bits per heavy atom. The van der Waals surface area contributed by atoms with Crippen LogP contribution in [0.4, 0.5) is 24.8 Å². The zero-order chi connectivity index (χ0) is 23.5. The highest BCUT2D eigenvalue weighted by Gasteiger charge is 2.31. The van der Waals surface area contributed by atoms with Gasteiger partial charge in [-0.1, -0.05) is 0 Å². The molecule has 1 aliphatic rings. The van der Waals surface area contributed by atoms with Gasteiger partial charge in [0, 0.05) is 6.92 Å². The van der Waals surface area contributed by atoms with Gasteiger partial charge in [0.05, 0.1) is 42.6 Å². The molecule has 2 aromatic rings. The minimum absolute atomic E-state index is 0.0970. The summed E-state index contributed by atoms with van der Waals surface area (Å²) in [5, 5.41) is 16.6. The van der Waals surface area contributed by atoms with E-state index in [1.807, 2.05) is 0 Å². The Bertz CT molecular complexity index is 975. The fourth-order valence-corrected chi connectivity index (χ4v) is 3.46. The molecule has 1 N–H and O–H groups in total. The van der Waals surface area contributed by atoms with Crippen molar-refractivity contribution in [3.05, 3.63) is 23.9 Å². The predicted octanol–water partition coefficient (Wildman–Crippen LogP) is 4.69. The van der Waals surface area contributed by atoms with E-state index in [9.17, 15) is 18.4 Å². The summed E-state index contributed by atoms with van der Waals surface area (Å²) in [6.45, 7) is 6.19. The number of nitrogens with one attached hydrogen (secondary N) is 1. The fourth-order valence-electron chi connectivity index (χ4n) is 3.46. The van der Waals surface area contributed by atoms with Gasteiger partial charge in [0.2, 0.25) is 11.8 Å². The van der Waals surface area contributed by atoms with Crippen LogP contribution in [0.1, 0.15) is 52.1 Å². The molecule has 2 aromatic heterocycles. The van der Waals surface area contributed by atoms with Crippen LogP contribution in [0, 0.1) is 30.0 Å². The van der Waals surface area contributed by atoms with Crippen molar-refractivity contribution in [1.29, 1.82) is 5.26 Å². The number of nitrogens with zero attached hydrogens (tertiary/aromatic N) is 5. The number of hydrogen-bond acceptors (Lipinski definition) is 7. The zero-order valence-corrected chi connectivity index (χ0v) is 18.5. The van der Waals surface area contributed by atoms with Crippen LogP contribution in [-0.2, 0) is 10.3 Å². The Kier molecular flexibility index (Phi) is 6.93. The monoisotopic (exact) mass is 452 g/mol. The molecule has 1 saturated carbocycles. The van der Waals surface area contributed by atoms with Crippen LogP contribution in [0.15, 0.2) is 12.4 Å². The summed E-state index contributed by atoms with van der Waals surface area (Å²) in [5.41, 5.74) is 0.372. The Balaban J connectivity index is 1.60. The number of ether oxygens (including phenoxy) is 2. The average molecular weight is 452 g/mol. The smallest absolute Gasteiger partial charge is 0.353 e. The molecular formula is C21H27F3N6O2. The SMILES string of the molecule is Cc1nn(C(C)(C)C#N)cc1Nc1ncc(F)c(OCC2CCC(OC(C)(F)F)CC2)n1. The van der Waals surface area contributed by atoms with Crippen molar-refractivity contribution in [2.75, 3.05) is 11.9 Å². The first-order valence-electron chi connectivity index (χ1n) is 10.4. The summed E-state index contributed by atoms with van der Waals surface area (Å²) in [4.78, 5) is 8.04. The maximum atomic E-state index is 14.2. The first kappa shape index (κ1) is 23.8. The van der Waals surface area contributed by atoms with Crippen LogP contribution in [0.3, 0.4) is 0 Å². The fraction of sp³-hybridized carbons (Fsp3) is 0.619. The van der Waals surface area contributed by atoms with Crippen molar-refractivity contribution >= 4 is 11.6 Å². The van der Waals surface area contributed by atoms with Crippen LogP contribution in [0.25, 0.3) is 0 Å². The lowest BCUT2D eigenvalue weighted by atomic mass is 9.88. The van der Waals surface area contributed by atoms with Gasteiger partial charge in [-0.2, -0.15) is 28.5 Å². The van der Waals surface area contributed by atoms with E-state index in [1.165, 1.54) is 4.68 Å². The van der Waals surface area contributed by atoms with Gasteiger partial charge in [-0.25, -0.2) is 4.98 Å². The topological polar surface area (TPSA) is 97.9 Å². The molecule has 8 nitrogen and oxygen atoms in total. The van der Waals surface area contributed by atoms with Gasteiger partial charge in [0.1, 0.15) is 5.54 Å². The molecule has 11 heteroatoms. The lowest BCUT2D eigenvalue weighted by Crippen LogP contribution is -2.30. The summed E-state index contributed by atoms with van der Waals surface area (Å²) < 4.78 is 52.0. The summed E-state index contributed by atoms with van der Waals surface area (Å²) in [6.07, 6.45) is 1.34. The number of aromatic nitrogens is 4. The lowest BCUT2D eigenvalue weighted by molar-refractivity contribution is -0.255. The van der Waals surface area contributed by atoms with E-state index < -0.39 is 23.6 Å². The molecule has 0 radical (unpaired) electrons. The molecule has 174 valence electrons. The zero-order valence-electron chi connectivity index (χ0n) is 18.5. The standard InChI is InChI=1S/C21H27F3N6O2/c1-13-17(10-30(29-13)20(2,3)12-25)27-19-26-9-16(22)18(28-19)31-11-14-5-7-15(8-6-14)32-21(4,23)24/h9-10,14-15H,5-8,11H2,1-4H3,(H,26,27,28). The van der Waals surface area contributed by atoms with E-state index in [0.29, 0.717) is 37.1 Å². The van der Waals surface area contributed by atoms with Crippen LogP contribution in [0.2, 0.25) is 0 Å². The minimum Gasteiger partial charge on any atom is -0.475 e. The molecule has 0 unspecified atom stereocenters. The van der Waals surface area contributed by atoms with Gasteiger partial charge >= 0.3 is 6.11 Å². The van der Waals surface area contributed by atoms with Gasteiger partial charge in [0.15, 0.2) is 0 Å². The predicted molar refractivity (Wildman–Crippen MR) is 110 cm³/mol. The third-order valence-electron chi connectivity index (χ3n) is 5.33. The molecule has 0 aromatic carbocycles. The average Bonchev–Trinajstić information content (AvgIpc) is 3.09. The molecule has 0 amide bonds. The van der Waals surface area contributed by atoms with E-state index in [0.717, 1.165) is 13.1 Å². The molecule has 0 spiro atoms. The molecule has 0 atom stereocenters. The summed E-state index contributed by atoms with van der Waals surface area (Å²) in [6, 6.07) is 2.17. The molecule has 3 rings (SSSR count). The Morgan fingerprint density at radius 3 is 2.56 bits per heavy atom. The maximum absolute atomic E-state index is 14.2. The number of hydrogen-bond donors (Lipinski definition) is 1. The molecule has 0 bridgehead atoms. The molecule has 0 saturated heterocycles. The number of nitriles is 1. The van der Waals surface area contributed by atoms with Crippen molar-refractivity contribution < 1.29 is 22.6 Å². The number of rotatable bonds is 8. The third kappa shape index (κ3) is 6.09. The van der Waals surface area contributed by atoms with Crippen LogP contribution in [0.5, 0.6) is 5.88 Å². The van der Waals surface area contributed by atoms with Crippen molar-refractivity contribution in [2.24, 2.45) is 5.92 Å². The second-order valence-corrected chi connectivity index (χ2v) is 8.59. The Labute approximate surface area is 184 Å². The summed E-state index contributed by atoms with van der Waals surface area (Å²) >= 11 is 0. The number of aryl methyl sites for hydroxylation is 1. The molecular weight excluding hydrogens is 425 g/mol. The van der Waals surface area contributed by atoms with Gasteiger partial charge in [-0.05, 0) is 52.4 Å². The van der Waals surface area contributed by atoms with Crippen LogP contribution < -0.4 is 10.1 Å². The summed E-state index contributed by atoms with van der Waals surface area (Å²) in [7, 11) is 0. The maximum Gasteiger partial charge on any atom is 0.353 e. The van der Waals surface area contributed by atoms with E-state index in [2.05, 4.69) is 26.5 Å². The normalized spacial score (nSPS) is 19.4. The second-order valence-electron chi connectivity index (χ2n) is 8.59. The first-order valence-corrected chi connectivity index (χ1v) is 10.4. The van der Waals surface area contributed by atoms with E-state index in [1.54, 1.807) is 27.0 Å². The Hall–Kier alpha value is -2.87.